The van der Waals surface area contributed by atoms with Gasteiger partial charge in [-0.3, -0.25) is 4.79 Å². The lowest BCUT2D eigenvalue weighted by atomic mass is 10.0. The Morgan fingerprint density at radius 2 is 1.76 bits per heavy atom. The summed E-state index contributed by atoms with van der Waals surface area (Å²) in [6.07, 6.45) is -9.02. The molecule has 0 atom stereocenters. The fourth-order valence-corrected chi connectivity index (χ4v) is 1.96. The van der Waals surface area contributed by atoms with E-state index in [2.05, 4.69) is 4.74 Å². The maximum absolute atomic E-state index is 13.5. The summed E-state index contributed by atoms with van der Waals surface area (Å²) >= 11 is 0. The van der Waals surface area contributed by atoms with Gasteiger partial charge in [0.15, 0.2) is 5.78 Å². The smallest absolute Gasteiger partial charge is 0.428 e. The van der Waals surface area contributed by atoms with E-state index in [4.69, 9.17) is 5.11 Å². The van der Waals surface area contributed by atoms with Gasteiger partial charge in [-0.1, -0.05) is 0 Å². The van der Waals surface area contributed by atoms with Crippen molar-refractivity contribution in [2.24, 2.45) is 0 Å². The van der Waals surface area contributed by atoms with Gasteiger partial charge in [-0.05, 0) is 30.3 Å². The summed E-state index contributed by atoms with van der Waals surface area (Å²) in [6.45, 7) is -0.703. The molecule has 0 aliphatic heterocycles. The number of hydrogen-bond acceptors (Lipinski definition) is 3. The molecule has 1 N–H and O–H groups in total. The molecule has 0 saturated heterocycles. The summed E-state index contributed by atoms with van der Waals surface area (Å²) < 4.78 is 80.7. The van der Waals surface area contributed by atoms with E-state index in [9.17, 15) is 31.1 Å². The van der Waals surface area contributed by atoms with Crippen molar-refractivity contribution >= 4 is 5.78 Å². The van der Waals surface area contributed by atoms with Crippen molar-refractivity contribution in [3.05, 3.63) is 64.7 Å². The number of rotatable bonds is 6. The molecule has 0 aliphatic rings. The van der Waals surface area contributed by atoms with Crippen molar-refractivity contribution in [3.8, 4) is 5.75 Å². The number of carbonyl (C=O) groups is 1. The Labute approximate surface area is 137 Å². The van der Waals surface area contributed by atoms with Crippen molar-refractivity contribution in [3.63, 3.8) is 0 Å². The zero-order valence-corrected chi connectivity index (χ0v) is 12.3. The van der Waals surface area contributed by atoms with Crippen LogP contribution in [0.2, 0.25) is 0 Å². The highest BCUT2D eigenvalue weighted by molar-refractivity contribution is 6.09. The monoisotopic (exact) mass is 364 g/mol. The first-order valence-corrected chi connectivity index (χ1v) is 6.73. The van der Waals surface area contributed by atoms with Crippen LogP contribution in [0.25, 0.3) is 0 Å². The Balaban J connectivity index is 2.38. The average molecular weight is 364 g/mol. The summed E-state index contributed by atoms with van der Waals surface area (Å²) in [5.74, 6) is -3.83. The van der Waals surface area contributed by atoms with Crippen molar-refractivity contribution in [2.75, 3.05) is 0 Å². The highest BCUT2D eigenvalue weighted by atomic mass is 19.3. The third kappa shape index (κ3) is 4.30. The molecule has 0 spiro atoms. The van der Waals surface area contributed by atoms with Crippen LogP contribution in [-0.2, 0) is 6.61 Å². The Bertz CT molecular complexity index is 791. The maximum Gasteiger partial charge on any atom is 0.461 e. The summed E-state index contributed by atoms with van der Waals surface area (Å²) in [6, 6.07) is 4.67. The van der Waals surface area contributed by atoms with Crippen LogP contribution in [0.1, 0.15) is 21.5 Å². The summed E-state index contributed by atoms with van der Waals surface area (Å²) in [4.78, 5) is 12.3. The SMILES string of the molecule is O=C(c1cc(F)cc(OC(F)(F)C(F)F)c1)c1ccc(F)c(CO)c1. The lowest BCUT2D eigenvalue weighted by Gasteiger charge is -2.17. The van der Waals surface area contributed by atoms with Gasteiger partial charge in [0, 0.05) is 22.8 Å². The van der Waals surface area contributed by atoms with Crippen molar-refractivity contribution in [2.45, 2.75) is 19.1 Å². The van der Waals surface area contributed by atoms with Gasteiger partial charge in [0.2, 0.25) is 0 Å². The summed E-state index contributed by atoms with van der Waals surface area (Å²) in [5.41, 5.74) is -0.846. The third-order valence-corrected chi connectivity index (χ3v) is 3.12. The number of alkyl halides is 4. The average Bonchev–Trinajstić information content (AvgIpc) is 2.53. The van der Waals surface area contributed by atoms with Crippen molar-refractivity contribution in [1.82, 2.24) is 0 Å². The molecule has 134 valence electrons. The number of ketones is 1. The molecule has 0 bridgehead atoms. The number of aliphatic hydroxyl groups excluding tert-OH is 1. The number of carbonyl (C=O) groups excluding carboxylic acids is 1. The Morgan fingerprint density at radius 1 is 1.08 bits per heavy atom. The van der Waals surface area contributed by atoms with E-state index in [1.165, 1.54) is 0 Å². The van der Waals surface area contributed by atoms with Crippen molar-refractivity contribution < 1.29 is 41.0 Å². The molecule has 25 heavy (non-hydrogen) atoms. The van der Waals surface area contributed by atoms with Crippen molar-refractivity contribution in [1.29, 1.82) is 0 Å². The van der Waals surface area contributed by atoms with Crippen LogP contribution in [0.4, 0.5) is 26.3 Å². The fourth-order valence-electron chi connectivity index (χ4n) is 1.96. The van der Waals surface area contributed by atoms with E-state index < -0.39 is 47.9 Å². The zero-order chi connectivity index (χ0) is 18.8. The van der Waals surface area contributed by atoms with Crippen LogP contribution in [0.15, 0.2) is 36.4 Å². The van der Waals surface area contributed by atoms with Gasteiger partial charge in [0.25, 0.3) is 0 Å². The number of benzene rings is 2. The highest BCUT2D eigenvalue weighted by Gasteiger charge is 2.44. The second-order valence-corrected chi connectivity index (χ2v) is 4.93. The maximum atomic E-state index is 13.5. The molecule has 2 rings (SSSR count). The van der Waals surface area contributed by atoms with Gasteiger partial charge in [-0.2, -0.15) is 17.6 Å². The predicted molar refractivity (Wildman–Crippen MR) is 73.7 cm³/mol. The molecule has 0 unspecified atom stereocenters. The van der Waals surface area contributed by atoms with Gasteiger partial charge >= 0.3 is 12.5 Å². The van der Waals surface area contributed by atoms with E-state index in [1.54, 1.807) is 0 Å². The quantitative estimate of drug-likeness (QED) is 0.624. The van der Waals surface area contributed by atoms with Gasteiger partial charge in [-0.15, -0.1) is 0 Å². The lowest BCUT2D eigenvalue weighted by molar-refractivity contribution is -0.253. The molecule has 0 heterocycles. The second-order valence-electron chi connectivity index (χ2n) is 4.93. The first-order valence-electron chi connectivity index (χ1n) is 6.73. The first-order chi connectivity index (χ1) is 11.6. The van der Waals surface area contributed by atoms with Crippen LogP contribution in [0.5, 0.6) is 5.75 Å². The minimum absolute atomic E-state index is 0.164. The number of halogens is 6. The molecule has 0 radical (unpaired) electrons. The van der Waals surface area contributed by atoms with Crippen LogP contribution >= 0.6 is 0 Å². The predicted octanol–water partition coefficient (Wildman–Crippen LogP) is 3.92. The number of ether oxygens (including phenoxy) is 1. The number of hydrogen-bond donors (Lipinski definition) is 1. The molecule has 0 saturated carbocycles. The zero-order valence-electron chi connectivity index (χ0n) is 12.3. The number of aliphatic hydroxyl groups is 1. The normalized spacial score (nSPS) is 11.7. The molecule has 2 aromatic carbocycles. The molecule has 0 aromatic heterocycles. The van der Waals surface area contributed by atoms with E-state index in [1.807, 2.05) is 0 Å². The third-order valence-electron chi connectivity index (χ3n) is 3.12. The van der Waals surface area contributed by atoms with Gasteiger partial charge in [0.05, 0.1) is 6.61 Å². The Hall–Kier alpha value is -2.55. The minimum Gasteiger partial charge on any atom is -0.428 e. The van der Waals surface area contributed by atoms with Crippen LogP contribution in [0, 0.1) is 11.6 Å². The van der Waals surface area contributed by atoms with E-state index in [-0.39, 0.29) is 11.1 Å². The summed E-state index contributed by atoms with van der Waals surface area (Å²) in [7, 11) is 0. The fraction of sp³-hybridized carbons (Fsp3) is 0.188. The van der Waals surface area contributed by atoms with E-state index in [0.717, 1.165) is 18.2 Å². The Kier molecular flexibility index (Phi) is 5.36. The largest absolute Gasteiger partial charge is 0.461 e. The summed E-state index contributed by atoms with van der Waals surface area (Å²) in [5, 5.41) is 8.98. The molecule has 0 fully saturated rings. The topological polar surface area (TPSA) is 46.5 Å². The minimum atomic E-state index is -4.87. The molecule has 9 heteroatoms. The lowest BCUT2D eigenvalue weighted by Crippen LogP contribution is -2.33. The molecular weight excluding hydrogens is 354 g/mol. The van der Waals surface area contributed by atoms with E-state index in [0.29, 0.717) is 18.2 Å². The van der Waals surface area contributed by atoms with Crippen LogP contribution < -0.4 is 4.74 Å². The van der Waals surface area contributed by atoms with E-state index >= 15 is 0 Å². The molecule has 0 aliphatic carbocycles. The molecule has 3 nitrogen and oxygen atoms in total. The van der Waals surface area contributed by atoms with Gasteiger partial charge in [0.1, 0.15) is 17.4 Å². The highest BCUT2D eigenvalue weighted by Crippen LogP contribution is 2.29. The van der Waals surface area contributed by atoms with Crippen LogP contribution in [-0.4, -0.2) is 23.4 Å². The first kappa shape index (κ1) is 18.8. The van der Waals surface area contributed by atoms with Gasteiger partial charge in [-0.25, -0.2) is 8.78 Å². The standard InChI is InChI=1S/C16H10F6O3/c17-11-4-9(5-12(6-11)25-16(21,22)15(19)20)14(24)8-1-2-13(18)10(3-8)7-23/h1-6,15,23H,7H2. The molecule has 0 amide bonds. The molecular formula is C16H10F6O3. The second kappa shape index (κ2) is 7.14. The molecule has 2 aromatic rings. The van der Waals surface area contributed by atoms with Crippen LogP contribution in [0.3, 0.4) is 0 Å². The Morgan fingerprint density at radius 3 is 2.36 bits per heavy atom. The van der Waals surface area contributed by atoms with Gasteiger partial charge < -0.3 is 9.84 Å².